The summed E-state index contributed by atoms with van der Waals surface area (Å²) in [4.78, 5) is 19.0. The molecule has 4 heteroatoms. The van der Waals surface area contributed by atoms with E-state index in [0.29, 0.717) is 11.4 Å². The number of nitrogens with zero attached hydrogens (tertiary/aromatic N) is 1. The van der Waals surface area contributed by atoms with Gasteiger partial charge in [0.25, 0.3) is 5.56 Å². The second-order valence-electron chi connectivity index (χ2n) is 4.58. The highest BCUT2D eigenvalue weighted by Gasteiger charge is 2.26. The van der Waals surface area contributed by atoms with E-state index in [1.165, 1.54) is 0 Å². The lowest BCUT2D eigenvalue weighted by atomic mass is 10.1. The van der Waals surface area contributed by atoms with Crippen LogP contribution in [0.4, 0.5) is 0 Å². The lowest BCUT2D eigenvalue weighted by molar-refractivity contribution is 0.226. The maximum Gasteiger partial charge on any atom is 0.254 e. The topological polar surface area (TPSA) is 55.0 Å². The van der Waals surface area contributed by atoms with Crippen LogP contribution in [-0.4, -0.2) is 9.97 Å². The number of H-pyrrole nitrogens is 1. The van der Waals surface area contributed by atoms with E-state index in [0.717, 1.165) is 23.4 Å². The van der Waals surface area contributed by atoms with Crippen molar-refractivity contribution in [2.24, 2.45) is 0 Å². The molecule has 0 bridgehead atoms. The van der Waals surface area contributed by atoms with Gasteiger partial charge in [0, 0.05) is 17.7 Å². The zero-order valence-electron chi connectivity index (χ0n) is 10.4. The van der Waals surface area contributed by atoms with Crippen LogP contribution in [0.15, 0.2) is 29.1 Å². The summed E-state index contributed by atoms with van der Waals surface area (Å²) in [5, 5.41) is 0. The van der Waals surface area contributed by atoms with Crippen molar-refractivity contribution in [2.75, 3.05) is 0 Å². The fourth-order valence-electron chi connectivity index (χ4n) is 2.15. The van der Waals surface area contributed by atoms with Gasteiger partial charge in [0.15, 0.2) is 11.9 Å². The highest BCUT2D eigenvalue weighted by Crippen LogP contribution is 2.34. The molecule has 1 atom stereocenters. The number of aryl methyl sites for hydroxylation is 1. The maximum absolute atomic E-state index is 11.7. The minimum Gasteiger partial charge on any atom is -0.482 e. The van der Waals surface area contributed by atoms with Crippen molar-refractivity contribution < 1.29 is 4.74 Å². The van der Waals surface area contributed by atoms with Gasteiger partial charge in [-0.25, -0.2) is 4.98 Å². The Kier molecular flexibility index (Phi) is 2.44. The molecule has 0 radical (unpaired) electrons. The van der Waals surface area contributed by atoms with Gasteiger partial charge in [-0.15, -0.1) is 0 Å². The van der Waals surface area contributed by atoms with Crippen LogP contribution in [0.1, 0.15) is 28.7 Å². The molecule has 2 aromatic rings. The molecule has 1 aromatic carbocycles. The van der Waals surface area contributed by atoms with Crippen molar-refractivity contribution in [1.29, 1.82) is 0 Å². The molecule has 1 unspecified atom stereocenters. The zero-order chi connectivity index (χ0) is 12.7. The average molecular weight is 242 g/mol. The Bertz CT molecular complexity index is 636. The minimum atomic E-state index is -0.186. The quantitative estimate of drug-likeness (QED) is 0.832. The van der Waals surface area contributed by atoms with Crippen LogP contribution in [0.2, 0.25) is 0 Å². The van der Waals surface area contributed by atoms with E-state index >= 15 is 0 Å². The van der Waals surface area contributed by atoms with Gasteiger partial charge >= 0.3 is 0 Å². The maximum atomic E-state index is 11.7. The highest BCUT2D eigenvalue weighted by atomic mass is 16.5. The van der Waals surface area contributed by atoms with Crippen LogP contribution in [0.3, 0.4) is 0 Å². The van der Waals surface area contributed by atoms with Crippen molar-refractivity contribution in [3.8, 4) is 5.75 Å². The van der Waals surface area contributed by atoms with Gasteiger partial charge in [-0.1, -0.05) is 18.2 Å². The summed E-state index contributed by atoms with van der Waals surface area (Å²) in [7, 11) is 0. The third-order valence-corrected chi connectivity index (χ3v) is 3.37. The highest BCUT2D eigenvalue weighted by molar-refractivity contribution is 5.38. The van der Waals surface area contributed by atoms with Gasteiger partial charge in [-0.3, -0.25) is 4.79 Å². The average Bonchev–Trinajstić information content (AvgIpc) is 2.79. The number of fused-ring (bicyclic) bond motifs is 1. The molecular formula is C14H14N2O2. The summed E-state index contributed by atoms with van der Waals surface area (Å²) in [5.41, 5.74) is 2.49. The first-order chi connectivity index (χ1) is 8.65. The summed E-state index contributed by atoms with van der Waals surface area (Å²) >= 11 is 0. The SMILES string of the molecule is Cc1nc(C2Cc3ccccc3O2)[nH]c(=O)c1C. The summed E-state index contributed by atoms with van der Waals surface area (Å²) in [6.45, 7) is 3.62. The van der Waals surface area contributed by atoms with E-state index in [9.17, 15) is 4.79 Å². The van der Waals surface area contributed by atoms with Gasteiger partial charge in [-0.05, 0) is 25.5 Å². The molecule has 0 spiro atoms. The second-order valence-corrected chi connectivity index (χ2v) is 4.58. The Hall–Kier alpha value is -2.10. The Morgan fingerprint density at radius 3 is 2.83 bits per heavy atom. The number of ether oxygens (including phenoxy) is 1. The second kappa shape index (κ2) is 3.98. The largest absolute Gasteiger partial charge is 0.482 e. The first kappa shape index (κ1) is 11.0. The molecule has 1 N–H and O–H groups in total. The van der Waals surface area contributed by atoms with E-state index in [1.54, 1.807) is 6.92 Å². The Balaban J connectivity index is 1.98. The van der Waals surface area contributed by atoms with Crippen molar-refractivity contribution in [3.05, 3.63) is 57.3 Å². The van der Waals surface area contributed by atoms with Gasteiger partial charge in [0.1, 0.15) is 5.75 Å². The van der Waals surface area contributed by atoms with Gasteiger partial charge in [0.2, 0.25) is 0 Å². The lowest BCUT2D eigenvalue weighted by Crippen LogP contribution is -2.20. The summed E-state index contributed by atoms with van der Waals surface area (Å²) < 4.78 is 5.81. The van der Waals surface area contributed by atoms with Crippen molar-refractivity contribution in [2.45, 2.75) is 26.4 Å². The predicted molar refractivity (Wildman–Crippen MR) is 67.8 cm³/mol. The number of aromatic nitrogens is 2. The number of aromatic amines is 1. The van der Waals surface area contributed by atoms with E-state index in [2.05, 4.69) is 9.97 Å². The standard InChI is InChI=1S/C14H14N2O2/c1-8-9(2)15-13(16-14(8)17)12-7-10-5-3-4-6-11(10)18-12/h3-6,12H,7H2,1-2H3,(H,15,16,17). The Labute approximate surface area is 105 Å². The van der Waals surface area contributed by atoms with Crippen LogP contribution in [0.25, 0.3) is 0 Å². The van der Waals surface area contributed by atoms with Crippen molar-refractivity contribution in [1.82, 2.24) is 9.97 Å². The molecule has 0 saturated heterocycles. The smallest absolute Gasteiger partial charge is 0.254 e. The molecule has 2 heterocycles. The molecule has 92 valence electrons. The molecule has 0 fully saturated rings. The number of nitrogens with one attached hydrogen (secondary N) is 1. The molecule has 18 heavy (non-hydrogen) atoms. The van der Waals surface area contributed by atoms with Crippen LogP contribution < -0.4 is 10.3 Å². The van der Waals surface area contributed by atoms with E-state index < -0.39 is 0 Å². The van der Waals surface area contributed by atoms with Crippen molar-refractivity contribution in [3.63, 3.8) is 0 Å². The van der Waals surface area contributed by atoms with E-state index in [1.807, 2.05) is 31.2 Å². The molecular weight excluding hydrogens is 228 g/mol. The van der Waals surface area contributed by atoms with Crippen LogP contribution in [-0.2, 0) is 6.42 Å². The minimum absolute atomic E-state index is 0.0861. The number of hydrogen-bond donors (Lipinski definition) is 1. The van der Waals surface area contributed by atoms with Crippen LogP contribution >= 0.6 is 0 Å². The number of benzene rings is 1. The van der Waals surface area contributed by atoms with Crippen LogP contribution in [0.5, 0.6) is 5.75 Å². The fourth-order valence-corrected chi connectivity index (χ4v) is 2.15. The molecule has 0 amide bonds. The van der Waals surface area contributed by atoms with Gasteiger partial charge < -0.3 is 9.72 Å². The van der Waals surface area contributed by atoms with E-state index in [-0.39, 0.29) is 11.7 Å². The number of para-hydroxylation sites is 1. The number of hydrogen-bond acceptors (Lipinski definition) is 3. The first-order valence-electron chi connectivity index (χ1n) is 5.97. The van der Waals surface area contributed by atoms with Gasteiger partial charge in [0.05, 0.1) is 0 Å². The monoisotopic (exact) mass is 242 g/mol. The fraction of sp³-hybridized carbons (Fsp3) is 0.286. The third-order valence-electron chi connectivity index (χ3n) is 3.37. The third kappa shape index (κ3) is 1.70. The van der Waals surface area contributed by atoms with Crippen molar-refractivity contribution >= 4 is 0 Å². The van der Waals surface area contributed by atoms with E-state index in [4.69, 9.17) is 4.74 Å². The molecule has 1 aliphatic rings. The van der Waals surface area contributed by atoms with Crippen LogP contribution in [0, 0.1) is 13.8 Å². The summed E-state index contributed by atoms with van der Waals surface area (Å²) in [5.74, 6) is 1.49. The summed E-state index contributed by atoms with van der Waals surface area (Å²) in [6.07, 6.45) is 0.566. The molecule has 4 nitrogen and oxygen atoms in total. The normalized spacial score (nSPS) is 17.3. The summed E-state index contributed by atoms with van der Waals surface area (Å²) in [6, 6.07) is 7.90. The zero-order valence-corrected chi connectivity index (χ0v) is 10.4. The first-order valence-corrected chi connectivity index (χ1v) is 5.97. The molecule has 0 saturated carbocycles. The molecule has 1 aliphatic heterocycles. The molecule has 1 aromatic heterocycles. The lowest BCUT2D eigenvalue weighted by Gasteiger charge is -2.11. The Morgan fingerprint density at radius 1 is 1.33 bits per heavy atom. The van der Waals surface area contributed by atoms with Gasteiger partial charge in [-0.2, -0.15) is 0 Å². The molecule has 0 aliphatic carbocycles. The molecule has 3 rings (SSSR count). The Morgan fingerprint density at radius 2 is 2.11 bits per heavy atom. The predicted octanol–water partition coefficient (Wildman–Crippen LogP) is 2.06. The number of rotatable bonds is 1.